The molecule has 1 aliphatic heterocycles. The van der Waals surface area contributed by atoms with E-state index < -0.39 is 0 Å². The number of piperazine rings is 1. The van der Waals surface area contributed by atoms with Crippen molar-refractivity contribution in [1.29, 1.82) is 0 Å². The van der Waals surface area contributed by atoms with Crippen LogP contribution in [0.2, 0.25) is 5.02 Å². The number of anilines is 3. The SMILES string of the molecule is O=C(Nc1ccc(N2CCN(c3cccc(Cl)c3)CC2)cn1)c1ccccc1. The number of hydrogen-bond acceptors (Lipinski definition) is 4. The van der Waals surface area contributed by atoms with Gasteiger partial charge in [0.05, 0.1) is 11.9 Å². The van der Waals surface area contributed by atoms with Crippen molar-refractivity contribution in [3.8, 4) is 0 Å². The summed E-state index contributed by atoms with van der Waals surface area (Å²) < 4.78 is 0. The number of amides is 1. The Hall–Kier alpha value is -3.05. The Morgan fingerprint density at radius 3 is 2.21 bits per heavy atom. The zero-order chi connectivity index (χ0) is 19.3. The fourth-order valence-corrected chi connectivity index (χ4v) is 3.51. The monoisotopic (exact) mass is 392 g/mol. The first-order valence-corrected chi connectivity index (χ1v) is 9.65. The first kappa shape index (κ1) is 18.3. The summed E-state index contributed by atoms with van der Waals surface area (Å²) in [6.45, 7) is 3.66. The van der Waals surface area contributed by atoms with Gasteiger partial charge in [-0.15, -0.1) is 0 Å². The van der Waals surface area contributed by atoms with Crippen LogP contribution < -0.4 is 15.1 Å². The highest BCUT2D eigenvalue weighted by atomic mass is 35.5. The van der Waals surface area contributed by atoms with E-state index in [9.17, 15) is 4.79 Å². The number of carbonyl (C=O) groups excluding carboxylic acids is 1. The van der Waals surface area contributed by atoms with Crippen molar-refractivity contribution in [1.82, 2.24) is 4.98 Å². The molecule has 1 aromatic heterocycles. The Morgan fingerprint density at radius 2 is 1.57 bits per heavy atom. The highest BCUT2D eigenvalue weighted by Gasteiger charge is 2.18. The lowest BCUT2D eigenvalue weighted by Crippen LogP contribution is -2.46. The maximum atomic E-state index is 12.2. The van der Waals surface area contributed by atoms with Crippen LogP contribution >= 0.6 is 11.6 Å². The Kier molecular flexibility index (Phi) is 5.44. The third-order valence-electron chi connectivity index (χ3n) is 4.84. The molecule has 0 saturated carbocycles. The molecule has 4 rings (SSSR count). The number of halogens is 1. The summed E-state index contributed by atoms with van der Waals surface area (Å²) in [5, 5.41) is 3.59. The van der Waals surface area contributed by atoms with Crippen LogP contribution in [0.4, 0.5) is 17.2 Å². The van der Waals surface area contributed by atoms with Gasteiger partial charge in [-0.25, -0.2) is 4.98 Å². The first-order chi connectivity index (χ1) is 13.7. The predicted octanol–water partition coefficient (Wildman–Crippen LogP) is 4.31. The Labute approximate surface area is 169 Å². The van der Waals surface area contributed by atoms with Crippen LogP contribution in [0.25, 0.3) is 0 Å². The average Bonchev–Trinajstić information content (AvgIpc) is 2.75. The number of aromatic nitrogens is 1. The summed E-state index contributed by atoms with van der Waals surface area (Å²) in [5.41, 5.74) is 2.83. The summed E-state index contributed by atoms with van der Waals surface area (Å²) in [7, 11) is 0. The van der Waals surface area contributed by atoms with Gasteiger partial charge >= 0.3 is 0 Å². The van der Waals surface area contributed by atoms with E-state index in [-0.39, 0.29) is 5.91 Å². The number of pyridine rings is 1. The van der Waals surface area contributed by atoms with Crippen molar-refractivity contribution in [2.24, 2.45) is 0 Å². The maximum Gasteiger partial charge on any atom is 0.256 e. The molecule has 0 spiro atoms. The van der Waals surface area contributed by atoms with E-state index >= 15 is 0 Å². The van der Waals surface area contributed by atoms with Crippen molar-refractivity contribution in [2.75, 3.05) is 41.3 Å². The van der Waals surface area contributed by atoms with E-state index in [1.807, 2.05) is 54.7 Å². The average molecular weight is 393 g/mol. The molecule has 5 nitrogen and oxygen atoms in total. The molecular weight excluding hydrogens is 372 g/mol. The standard InChI is InChI=1S/C22H21ClN4O/c23-18-7-4-8-19(15-18)26-11-13-27(14-12-26)20-9-10-21(24-16-20)25-22(28)17-5-2-1-3-6-17/h1-10,15-16H,11-14H2,(H,24,25,28). The third kappa shape index (κ3) is 4.26. The second-order valence-corrected chi connectivity index (χ2v) is 7.11. The Bertz CT molecular complexity index is 938. The minimum atomic E-state index is -0.156. The molecule has 0 radical (unpaired) electrons. The van der Waals surface area contributed by atoms with Crippen LogP contribution in [-0.2, 0) is 0 Å². The van der Waals surface area contributed by atoms with Crippen molar-refractivity contribution in [3.63, 3.8) is 0 Å². The molecule has 1 fully saturated rings. The van der Waals surface area contributed by atoms with Crippen molar-refractivity contribution in [2.45, 2.75) is 0 Å². The highest BCUT2D eigenvalue weighted by Crippen LogP contribution is 2.23. The second-order valence-electron chi connectivity index (χ2n) is 6.68. The van der Waals surface area contributed by atoms with E-state index in [1.165, 1.54) is 0 Å². The summed E-state index contributed by atoms with van der Waals surface area (Å²) in [6.07, 6.45) is 1.82. The molecule has 1 N–H and O–H groups in total. The molecule has 1 aliphatic rings. The van der Waals surface area contributed by atoms with Gasteiger partial charge in [0.25, 0.3) is 5.91 Å². The van der Waals surface area contributed by atoms with Gasteiger partial charge in [-0.2, -0.15) is 0 Å². The smallest absolute Gasteiger partial charge is 0.256 e. The summed E-state index contributed by atoms with van der Waals surface area (Å²) in [4.78, 5) is 21.3. The Balaban J connectivity index is 1.35. The van der Waals surface area contributed by atoms with Crippen LogP contribution in [-0.4, -0.2) is 37.1 Å². The number of nitrogens with one attached hydrogen (secondary N) is 1. The molecule has 0 unspecified atom stereocenters. The van der Waals surface area contributed by atoms with Gasteiger partial charge in [0, 0.05) is 42.5 Å². The number of carbonyl (C=O) groups is 1. The number of hydrogen-bond donors (Lipinski definition) is 1. The van der Waals surface area contributed by atoms with Crippen LogP contribution in [0.3, 0.4) is 0 Å². The van der Waals surface area contributed by atoms with Gasteiger partial charge < -0.3 is 15.1 Å². The van der Waals surface area contributed by atoms with Gasteiger partial charge in [0.15, 0.2) is 0 Å². The fraction of sp³-hybridized carbons (Fsp3) is 0.182. The molecule has 142 valence electrons. The normalized spacial score (nSPS) is 14.0. The van der Waals surface area contributed by atoms with Gasteiger partial charge in [0.2, 0.25) is 0 Å². The van der Waals surface area contributed by atoms with Crippen LogP contribution in [0, 0.1) is 0 Å². The lowest BCUT2D eigenvalue weighted by atomic mass is 10.2. The molecule has 2 aromatic carbocycles. The second kappa shape index (κ2) is 8.31. The zero-order valence-corrected chi connectivity index (χ0v) is 16.1. The number of benzene rings is 2. The predicted molar refractivity (Wildman–Crippen MR) is 115 cm³/mol. The molecule has 3 aromatic rings. The molecule has 0 atom stereocenters. The number of rotatable bonds is 4. The molecule has 0 aliphatic carbocycles. The van der Waals surface area contributed by atoms with Crippen LogP contribution in [0.5, 0.6) is 0 Å². The van der Waals surface area contributed by atoms with E-state index in [2.05, 4.69) is 26.2 Å². The zero-order valence-electron chi connectivity index (χ0n) is 15.4. The molecule has 1 amide bonds. The largest absolute Gasteiger partial charge is 0.368 e. The minimum absolute atomic E-state index is 0.156. The first-order valence-electron chi connectivity index (χ1n) is 9.27. The van der Waals surface area contributed by atoms with Crippen molar-refractivity contribution < 1.29 is 4.79 Å². The molecule has 2 heterocycles. The van der Waals surface area contributed by atoms with Crippen molar-refractivity contribution >= 4 is 34.7 Å². The van der Waals surface area contributed by atoms with E-state index in [4.69, 9.17) is 11.6 Å². The molecule has 28 heavy (non-hydrogen) atoms. The molecule has 1 saturated heterocycles. The lowest BCUT2D eigenvalue weighted by Gasteiger charge is -2.37. The molecule has 0 bridgehead atoms. The minimum Gasteiger partial charge on any atom is -0.368 e. The third-order valence-corrected chi connectivity index (χ3v) is 5.08. The summed E-state index contributed by atoms with van der Waals surface area (Å²) in [6, 6.07) is 20.9. The van der Waals surface area contributed by atoms with E-state index in [0.29, 0.717) is 11.4 Å². The van der Waals surface area contributed by atoms with Gasteiger partial charge in [-0.1, -0.05) is 35.9 Å². The topological polar surface area (TPSA) is 48.5 Å². The highest BCUT2D eigenvalue weighted by molar-refractivity contribution is 6.30. The van der Waals surface area contributed by atoms with Crippen molar-refractivity contribution in [3.05, 3.63) is 83.5 Å². The van der Waals surface area contributed by atoms with Crippen LogP contribution in [0.1, 0.15) is 10.4 Å². The maximum absolute atomic E-state index is 12.2. The quantitative estimate of drug-likeness (QED) is 0.718. The van der Waals surface area contributed by atoms with Crippen LogP contribution in [0.15, 0.2) is 72.9 Å². The molecular formula is C22H21ClN4O. The van der Waals surface area contributed by atoms with Gasteiger partial charge in [0.1, 0.15) is 5.82 Å². The number of nitrogens with zero attached hydrogens (tertiary/aromatic N) is 3. The Morgan fingerprint density at radius 1 is 0.857 bits per heavy atom. The van der Waals surface area contributed by atoms with E-state index in [0.717, 1.165) is 42.6 Å². The lowest BCUT2D eigenvalue weighted by molar-refractivity contribution is 0.102. The summed E-state index contributed by atoms with van der Waals surface area (Å²) in [5.74, 6) is 0.395. The molecule has 6 heteroatoms. The fourth-order valence-electron chi connectivity index (χ4n) is 3.32. The van der Waals surface area contributed by atoms with Gasteiger partial charge in [-0.3, -0.25) is 4.79 Å². The van der Waals surface area contributed by atoms with Gasteiger partial charge in [-0.05, 0) is 42.5 Å². The van der Waals surface area contributed by atoms with E-state index in [1.54, 1.807) is 12.1 Å². The summed E-state index contributed by atoms with van der Waals surface area (Å²) >= 11 is 6.10.